The Labute approximate surface area is 97.1 Å². The fourth-order valence-electron chi connectivity index (χ4n) is 1.88. The molecule has 0 spiro atoms. The van der Waals surface area contributed by atoms with Crippen molar-refractivity contribution in [3.63, 3.8) is 0 Å². The molecule has 0 N–H and O–H groups in total. The summed E-state index contributed by atoms with van der Waals surface area (Å²) in [4.78, 5) is 21.2. The van der Waals surface area contributed by atoms with Crippen molar-refractivity contribution >= 4 is 5.97 Å². The zero-order valence-electron chi connectivity index (χ0n) is 10.6. The molecule has 1 saturated carbocycles. The molecule has 0 radical (unpaired) electrons. The van der Waals surface area contributed by atoms with Gasteiger partial charge in [0, 0.05) is 0 Å². The zero-order valence-corrected chi connectivity index (χ0v) is 10.6. The van der Waals surface area contributed by atoms with Crippen LogP contribution >= 0.6 is 0 Å². The van der Waals surface area contributed by atoms with Crippen molar-refractivity contribution in [2.75, 3.05) is 0 Å². The van der Waals surface area contributed by atoms with Gasteiger partial charge in [-0.1, -0.05) is 19.8 Å². The summed E-state index contributed by atoms with van der Waals surface area (Å²) >= 11 is 0. The number of rotatable bonds is 3. The molecule has 0 bridgehead atoms. The van der Waals surface area contributed by atoms with Crippen LogP contribution in [0, 0.1) is 11.8 Å². The summed E-state index contributed by atoms with van der Waals surface area (Å²) in [6.45, 7) is 7.55. The molecule has 0 aliphatic heterocycles. The summed E-state index contributed by atoms with van der Waals surface area (Å²) < 4.78 is 0. The lowest BCUT2D eigenvalue weighted by atomic mass is 9.81. The van der Waals surface area contributed by atoms with Crippen molar-refractivity contribution in [2.45, 2.75) is 59.0 Å². The van der Waals surface area contributed by atoms with E-state index in [2.05, 4.69) is 16.8 Å². The van der Waals surface area contributed by atoms with E-state index >= 15 is 0 Å². The van der Waals surface area contributed by atoms with Gasteiger partial charge in [0.15, 0.2) is 0 Å². The van der Waals surface area contributed by atoms with Crippen molar-refractivity contribution < 1.29 is 19.6 Å². The molecule has 0 amide bonds. The summed E-state index contributed by atoms with van der Waals surface area (Å²) in [6, 6.07) is 0. The first kappa shape index (κ1) is 13.5. The highest BCUT2D eigenvalue weighted by Crippen LogP contribution is 2.30. The molecule has 1 fully saturated rings. The molecule has 2 atom stereocenters. The normalized spacial score (nSPS) is 26.5. The van der Waals surface area contributed by atoms with Crippen molar-refractivity contribution in [2.24, 2.45) is 11.8 Å². The van der Waals surface area contributed by atoms with E-state index in [-0.39, 0.29) is 11.9 Å². The molecule has 4 heteroatoms. The first-order chi connectivity index (χ1) is 7.40. The van der Waals surface area contributed by atoms with Crippen molar-refractivity contribution in [1.82, 2.24) is 0 Å². The van der Waals surface area contributed by atoms with Gasteiger partial charge in [-0.25, -0.2) is 4.79 Å². The summed E-state index contributed by atoms with van der Waals surface area (Å²) in [5.74, 6) is 0.0215. The molecule has 1 rings (SSSR count). The van der Waals surface area contributed by atoms with E-state index in [1.54, 1.807) is 0 Å². The predicted octanol–water partition coefficient (Wildman–Crippen LogP) is 3.02. The van der Waals surface area contributed by atoms with Gasteiger partial charge in [-0.3, -0.25) is 4.89 Å². The van der Waals surface area contributed by atoms with Gasteiger partial charge in [0.1, 0.15) is 0 Å². The number of carbonyl (C=O) groups is 1. The van der Waals surface area contributed by atoms with Gasteiger partial charge >= 0.3 is 5.97 Å². The molecule has 1 aliphatic carbocycles. The Bertz CT molecular complexity index is 232. The third-order valence-electron chi connectivity index (χ3n) is 2.81. The van der Waals surface area contributed by atoms with Crippen LogP contribution in [-0.4, -0.2) is 11.6 Å². The first-order valence-electron chi connectivity index (χ1n) is 5.96. The Hall–Kier alpha value is -0.610. The standard InChI is InChI=1S/C12H22O4/c1-9-7-5-6-8-10(9)11(13)14-16-15-12(2,3)4/h9-10H,5-8H2,1-4H3. The molecule has 0 aromatic rings. The maximum absolute atomic E-state index is 11.7. The monoisotopic (exact) mass is 230 g/mol. The molecular formula is C12H22O4. The lowest BCUT2D eigenvalue weighted by molar-refractivity contribution is -0.515. The van der Waals surface area contributed by atoms with Crippen LogP contribution < -0.4 is 0 Å². The molecule has 4 nitrogen and oxygen atoms in total. The number of hydrogen-bond acceptors (Lipinski definition) is 4. The van der Waals surface area contributed by atoms with E-state index in [0.717, 1.165) is 19.3 Å². The SMILES string of the molecule is CC1CCCCC1C(=O)OOOC(C)(C)C. The fraction of sp³-hybridized carbons (Fsp3) is 0.917. The minimum atomic E-state index is -0.474. The maximum Gasteiger partial charge on any atom is 0.348 e. The third-order valence-corrected chi connectivity index (χ3v) is 2.81. The van der Waals surface area contributed by atoms with Gasteiger partial charge in [0.05, 0.1) is 11.5 Å². The van der Waals surface area contributed by atoms with Crippen LogP contribution in [0.15, 0.2) is 0 Å². The molecule has 0 aromatic carbocycles. The van der Waals surface area contributed by atoms with Crippen LogP contribution in [-0.2, 0) is 19.6 Å². The van der Waals surface area contributed by atoms with E-state index in [1.165, 1.54) is 6.42 Å². The molecule has 1 aliphatic rings. The summed E-state index contributed by atoms with van der Waals surface area (Å²) in [5, 5.41) is 4.51. The smallest absolute Gasteiger partial charge is 0.268 e. The molecular weight excluding hydrogens is 208 g/mol. The van der Waals surface area contributed by atoms with E-state index in [0.29, 0.717) is 5.92 Å². The maximum atomic E-state index is 11.7. The Morgan fingerprint density at radius 2 is 1.81 bits per heavy atom. The zero-order chi connectivity index (χ0) is 12.2. The Kier molecular flexibility index (Phi) is 4.74. The molecule has 0 saturated heterocycles. The van der Waals surface area contributed by atoms with Crippen LogP contribution in [0.2, 0.25) is 0 Å². The quantitative estimate of drug-likeness (QED) is 0.552. The largest absolute Gasteiger partial charge is 0.348 e. The first-order valence-corrected chi connectivity index (χ1v) is 5.96. The van der Waals surface area contributed by atoms with Gasteiger partial charge in [-0.05, 0) is 44.6 Å². The molecule has 94 valence electrons. The minimum Gasteiger partial charge on any atom is -0.268 e. The van der Waals surface area contributed by atoms with E-state index in [1.807, 2.05) is 20.8 Å². The Morgan fingerprint density at radius 3 is 2.38 bits per heavy atom. The summed E-state index contributed by atoms with van der Waals surface area (Å²) in [6.07, 6.45) is 4.26. The van der Waals surface area contributed by atoms with Crippen molar-refractivity contribution in [3.05, 3.63) is 0 Å². The Morgan fingerprint density at radius 1 is 1.19 bits per heavy atom. The number of carbonyl (C=O) groups excluding carboxylic acids is 1. The van der Waals surface area contributed by atoms with E-state index in [9.17, 15) is 4.79 Å². The predicted molar refractivity (Wildman–Crippen MR) is 59.1 cm³/mol. The van der Waals surface area contributed by atoms with Crippen LogP contribution in [0.3, 0.4) is 0 Å². The van der Waals surface area contributed by atoms with Crippen LogP contribution in [0.5, 0.6) is 0 Å². The van der Waals surface area contributed by atoms with Gasteiger partial charge in [-0.15, -0.1) is 0 Å². The highest BCUT2D eigenvalue weighted by atomic mass is 17.5. The minimum absolute atomic E-state index is 0.0441. The Balaban J connectivity index is 2.29. The topological polar surface area (TPSA) is 44.8 Å². The fourth-order valence-corrected chi connectivity index (χ4v) is 1.88. The molecule has 0 heterocycles. The highest BCUT2D eigenvalue weighted by Gasteiger charge is 2.30. The number of hydrogen-bond donors (Lipinski definition) is 0. The van der Waals surface area contributed by atoms with Gasteiger partial charge < -0.3 is 0 Å². The lowest BCUT2D eigenvalue weighted by Crippen LogP contribution is -2.28. The van der Waals surface area contributed by atoms with Crippen LogP contribution in [0.25, 0.3) is 0 Å². The average molecular weight is 230 g/mol. The van der Waals surface area contributed by atoms with Gasteiger partial charge in [0.25, 0.3) is 0 Å². The van der Waals surface area contributed by atoms with Crippen LogP contribution in [0.4, 0.5) is 0 Å². The summed E-state index contributed by atoms with van der Waals surface area (Å²) in [7, 11) is 0. The highest BCUT2D eigenvalue weighted by molar-refractivity contribution is 5.72. The second-order valence-corrected chi connectivity index (χ2v) is 5.53. The molecule has 0 aromatic heterocycles. The van der Waals surface area contributed by atoms with E-state index in [4.69, 9.17) is 4.89 Å². The lowest BCUT2D eigenvalue weighted by Gasteiger charge is -2.26. The summed E-state index contributed by atoms with van der Waals surface area (Å²) in [5.41, 5.74) is -0.474. The average Bonchev–Trinajstić information content (AvgIpc) is 2.16. The second kappa shape index (κ2) is 5.64. The molecule has 2 unspecified atom stereocenters. The van der Waals surface area contributed by atoms with Crippen LogP contribution in [0.1, 0.15) is 53.4 Å². The molecule has 16 heavy (non-hydrogen) atoms. The van der Waals surface area contributed by atoms with Crippen molar-refractivity contribution in [1.29, 1.82) is 0 Å². The van der Waals surface area contributed by atoms with E-state index < -0.39 is 5.60 Å². The van der Waals surface area contributed by atoms with Crippen molar-refractivity contribution in [3.8, 4) is 0 Å². The van der Waals surface area contributed by atoms with Gasteiger partial charge in [0.2, 0.25) is 0 Å². The van der Waals surface area contributed by atoms with Gasteiger partial charge in [-0.2, -0.15) is 4.89 Å². The second-order valence-electron chi connectivity index (χ2n) is 5.53. The third kappa shape index (κ3) is 4.49.